The van der Waals surface area contributed by atoms with Crippen LogP contribution in [0.5, 0.6) is 5.75 Å². The molecule has 0 N–H and O–H groups in total. The molecule has 4 heteroatoms. The molecule has 0 atom stereocenters. The van der Waals surface area contributed by atoms with Crippen molar-refractivity contribution in [1.29, 1.82) is 5.26 Å². The maximum Gasteiger partial charge on any atom is 0.348 e. The van der Waals surface area contributed by atoms with E-state index in [0.717, 1.165) is 18.4 Å². The lowest BCUT2D eigenvalue weighted by Gasteiger charge is -2.03. The molecule has 0 aliphatic rings. The van der Waals surface area contributed by atoms with Gasteiger partial charge in [0.15, 0.2) is 0 Å². The molecular weight excluding hydrogens is 242 g/mol. The largest absolute Gasteiger partial charge is 0.497 e. The summed E-state index contributed by atoms with van der Waals surface area (Å²) in [5, 5.41) is 8.99. The van der Waals surface area contributed by atoms with Gasteiger partial charge in [-0.25, -0.2) is 4.79 Å². The molecule has 100 valence electrons. The van der Waals surface area contributed by atoms with Crippen molar-refractivity contribution in [2.75, 3.05) is 13.7 Å². The SMILES string of the molecule is CCCCOC(=O)C(C#N)=Cc1cccc(OC)c1. The first kappa shape index (κ1) is 14.8. The Bertz CT molecular complexity index is 500. The Morgan fingerprint density at radius 2 is 2.26 bits per heavy atom. The number of unbranched alkanes of at least 4 members (excludes halogenated alkanes) is 1. The smallest absolute Gasteiger partial charge is 0.348 e. The number of hydrogen-bond acceptors (Lipinski definition) is 4. The lowest BCUT2D eigenvalue weighted by molar-refractivity contribution is -0.138. The van der Waals surface area contributed by atoms with Crippen molar-refractivity contribution < 1.29 is 14.3 Å². The molecule has 0 aliphatic heterocycles. The molecule has 0 radical (unpaired) electrons. The molecule has 0 amide bonds. The van der Waals surface area contributed by atoms with E-state index in [2.05, 4.69) is 0 Å². The lowest BCUT2D eigenvalue weighted by Crippen LogP contribution is -2.07. The van der Waals surface area contributed by atoms with E-state index in [1.54, 1.807) is 31.4 Å². The Kier molecular flexibility index (Phi) is 6.17. The fraction of sp³-hybridized carbons (Fsp3) is 0.333. The number of carbonyl (C=O) groups excluding carboxylic acids is 1. The molecule has 0 unspecified atom stereocenters. The predicted octanol–water partition coefficient (Wildman–Crippen LogP) is 2.95. The summed E-state index contributed by atoms with van der Waals surface area (Å²) in [5.41, 5.74) is 0.715. The summed E-state index contributed by atoms with van der Waals surface area (Å²) in [6.07, 6.45) is 3.23. The minimum atomic E-state index is -0.584. The van der Waals surface area contributed by atoms with Crippen LogP contribution in [-0.4, -0.2) is 19.7 Å². The van der Waals surface area contributed by atoms with Crippen LogP contribution < -0.4 is 4.74 Å². The molecule has 0 saturated carbocycles. The molecular formula is C15H17NO3. The molecule has 4 nitrogen and oxygen atoms in total. The van der Waals surface area contributed by atoms with Gasteiger partial charge in [-0.1, -0.05) is 25.5 Å². The van der Waals surface area contributed by atoms with E-state index in [1.807, 2.05) is 13.0 Å². The van der Waals surface area contributed by atoms with Crippen LogP contribution in [0.25, 0.3) is 6.08 Å². The molecule has 0 spiro atoms. The third-order valence-electron chi connectivity index (χ3n) is 2.48. The summed E-state index contributed by atoms with van der Waals surface area (Å²) in [4.78, 5) is 11.7. The molecule has 1 rings (SSSR count). The van der Waals surface area contributed by atoms with Gasteiger partial charge in [0, 0.05) is 0 Å². The van der Waals surface area contributed by atoms with Crippen molar-refractivity contribution in [2.24, 2.45) is 0 Å². The normalized spacial score (nSPS) is 10.7. The number of benzene rings is 1. The Hall–Kier alpha value is -2.28. The van der Waals surface area contributed by atoms with E-state index >= 15 is 0 Å². The molecule has 0 fully saturated rings. The van der Waals surface area contributed by atoms with Crippen molar-refractivity contribution in [3.8, 4) is 11.8 Å². The Labute approximate surface area is 113 Å². The second kappa shape index (κ2) is 7.93. The monoisotopic (exact) mass is 259 g/mol. The average Bonchev–Trinajstić information content (AvgIpc) is 2.45. The van der Waals surface area contributed by atoms with Crippen molar-refractivity contribution in [3.63, 3.8) is 0 Å². The minimum absolute atomic E-state index is 0.00986. The summed E-state index contributed by atoms with van der Waals surface area (Å²) >= 11 is 0. The second-order valence-corrected chi connectivity index (χ2v) is 3.94. The van der Waals surface area contributed by atoms with Crippen molar-refractivity contribution >= 4 is 12.0 Å². The van der Waals surface area contributed by atoms with Crippen LogP contribution in [0.15, 0.2) is 29.8 Å². The molecule has 1 aromatic rings. The van der Waals surface area contributed by atoms with Gasteiger partial charge in [-0.05, 0) is 30.2 Å². The van der Waals surface area contributed by atoms with Gasteiger partial charge < -0.3 is 9.47 Å². The highest BCUT2D eigenvalue weighted by Gasteiger charge is 2.10. The van der Waals surface area contributed by atoms with Crippen molar-refractivity contribution in [2.45, 2.75) is 19.8 Å². The Morgan fingerprint density at radius 1 is 1.47 bits per heavy atom. The number of esters is 1. The van der Waals surface area contributed by atoms with E-state index in [-0.39, 0.29) is 5.57 Å². The van der Waals surface area contributed by atoms with Crippen LogP contribution in [0.4, 0.5) is 0 Å². The number of hydrogen-bond donors (Lipinski definition) is 0. The molecule has 0 saturated heterocycles. The predicted molar refractivity (Wildman–Crippen MR) is 72.5 cm³/mol. The van der Waals surface area contributed by atoms with Gasteiger partial charge in [0.2, 0.25) is 0 Å². The van der Waals surface area contributed by atoms with Crippen LogP contribution in [-0.2, 0) is 9.53 Å². The zero-order chi connectivity index (χ0) is 14.1. The van der Waals surface area contributed by atoms with Crippen LogP contribution in [0.1, 0.15) is 25.3 Å². The highest BCUT2D eigenvalue weighted by molar-refractivity contribution is 5.97. The zero-order valence-corrected chi connectivity index (χ0v) is 11.2. The first-order chi connectivity index (χ1) is 9.21. The summed E-state index contributed by atoms with van der Waals surface area (Å²) in [6.45, 7) is 2.34. The second-order valence-electron chi connectivity index (χ2n) is 3.94. The maximum absolute atomic E-state index is 11.7. The first-order valence-electron chi connectivity index (χ1n) is 6.14. The van der Waals surface area contributed by atoms with Gasteiger partial charge in [-0.15, -0.1) is 0 Å². The Morgan fingerprint density at radius 3 is 2.89 bits per heavy atom. The molecule has 0 bridgehead atoms. The summed E-state index contributed by atoms with van der Waals surface area (Å²) < 4.78 is 10.1. The first-order valence-corrected chi connectivity index (χ1v) is 6.14. The topological polar surface area (TPSA) is 59.3 Å². The zero-order valence-electron chi connectivity index (χ0n) is 11.2. The van der Waals surface area contributed by atoms with Gasteiger partial charge >= 0.3 is 5.97 Å². The number of rotatable bonds is 6. The van der Waals surface area contributed by atoms with Gasteiger partial charge in [0.25, 0.3) is 0 Å². The average molecular weight is 259 g/mol. The standard InChI is InChI=1S/C15H17NO3/c1-3-4-8-19-15(17)13(11-16)9-12-6-5-7-14(10-12)18-2/h5-7,9-10H,3-4,8H2,1-2H3. The van der Waals surface area contributed by atoms with E-state index < -0.39 is 5.97 Å². The fourth-order valence-corrected chi connectivity index (χ4v) is 1.42. The van der Waals surface area contributed by atoms with Crippen LogP contribution in [0, 0.1) is 11.3 Å². The van der Waals surface area contributed by atoms with Gasteiger partial charge in [0.05, 0.1) is 13.7 Å². The number of methoxy groups -OCH3 is 1. The minimum Gasteiger partial charge on any atom is -0.497 e. The molecule has 0 aliphatic carbocycles. The van der Waals surface area contributed by atoms with Crippen molar-refractivity contribution in [1.82, 2.24) is 0 Å². The number of ether oxygens (including phenoxy) is 2. The lowest BCUT2D eigenvalue weighted by atomic mass is 10.1. The number of nitriles is 1. The maximum atomic E-state index is 11.7. The van der Waals surface area contributed by atoms with E-state index in [4.69, 9.17) is 14.7 Å². The van der Waals surface area contributed by atoms with Crippen LogP contribution >= 0.6 is 0 Å². The molecule has 0 heterocycles. The van der Waals surface area contributed by atoms with E-state index in [1.165, 1.54) is 6.08 Å². The third kappa shape index (κ3) is 4.84. The van der Waals surface area contributed by atoms with Crippen molar-refractivity contribution in [3.05, 3.63) is 35.4 Å². The number of carbonyl (C=O) groups is 1. The van der Waals surface area contributed by atoms with Crippen LogP contribution in [0.2, 0.25) is 0 Å². The van der Waals surface area contributed by atoms with Crippen LogP contribution in [0.3, 0.4) is 0 Å². The highest BCUT2D eigenvalue weighted by Crippen LogP contribution is 2.15. The summed E-state index contributed by atoms with van der Waals surface area (Å²) in [7, 11) is 1.56. The fourth-order valence-electron chi connectivity index (χ4n) is 1.42. The highest BCUT2D eigenvalue weighted by atomic mass is 16.5. The number of nitrogens with zero attached hydrogens (tertiary/aromatic N) is 1. The van der Waals surface area contributed by atoms with E-state index in [0.29, 0.717) is 12.4 Å². The molecule has 0 aromatic heterocycles. The summed E-state index contributed by atoms with van der Waals surface area (Å²) in [5.74, 6) is 0.0872. The van der Waals surface area contributed by atoms with E-state index in [9.17, 15) is 4.79 Å². The molecule has 1 aromatic carbocycles. The van der Waals surface area contributed by atoms with Gasteiger partial charge in [-0.2, -0.15) is 5.26 Å². The Balaban J connectivity index is 2.80. The third-order valence-corrected chi connectivity index (χ3v) is 2.48. The molecule has 19 heavy (non-hydrogen) atoms. The quantitative estimate of drug-likeness (QED) is 0.341. The summed E-state index contributed by atoms with van der Waals surface area (Å²) in [6, 6.07) is 8.99. The van der Waals surface area contributed by atoms with Gasteiger partial charge in [0.1, 0.15) is 17.4 Å². The van der Waals surface area contributed by atoms with Gasteiger partial charge in [-0.3, -0.25) is 0 Å².